The van der Waals surface area contributed by atoms with Crippen LogP contribution in [0.4, 0.5) is 17.1 Å². The van der Waals surface area contributed by atoms with Crippen LogP contribution in [0.5, 0.6) is 0 Å². The molecular weight excluding hydrogens is 843 g/mol. The molecule has 0 radical (unpaired) electrons. The second-order valence-corrected chi connectivity index (χ2v) is 18.7. The van der Waals surface area contributed by atoms with Gasteiger partial charge in [-0.2, -0.15) is 0 Å². The van der Waals surface area contributed by atoms with E-state index >= 15 is 0 Å². The first-order chi connectivity index (χ1) is 33.7. The molecule has 0 aliphatic heterocycles. The summed E-state index contributed by atoms with van der Waals surface area (Å²) in [4.78, 5) is 2.40. The zero-order valence-corrected chi connectivity index (χ0v) is 37.7. The summed E-state index contributed by atoms with van der Waals surface area (Å²) in [6.45, 7) is 0. The van der Waals surface area contributed by atoms with Gasteiger partial charge in [-0.3, -0.25) is 0 Å². The van der Waals surface area contributed by atoms with Gasteiger partial charge in [-0.05, 0) is 125 Å². The van der Waals surface area contributed by atoms with Crippen molar-refractivity contribution in [3.8, 4) is 33.6 Å². The van der Waals surface area contributed by atoms with E-state index in [1.165, 1.54) is 74.6 Å². The maximum absolute atomic E-state index is 2.50. The second-order valence-electron chi connectivity index (χ2n) is 17.7. The average molecular weight is 884 g/mol. The zero-order chi connectivity index (χ0) is 44.7. The maximum Gasteiger partial charge on any atom is 0.0562 e. The zero-order valence-electron chi connectivity index (χ0n) is 36.9. The normalized spacial score (nSPS) is 11.8. The molecule has 0 unspecified atom stereocenters. The monoisotopic (exact) mass is 883 g/mol. The Morgan fingerprint density at radius 3 is 1.66 bits per heavy atom. The molecule has 68 heavy (non-hydrogen) atoms. The molecule has 3 nitrogen and oxygen atoms in total. The third-order valence-corrected chi connectivity index (χ3v) is 15.0. The molecule has 3 heterocycles. The Morgan fingerprint density at radius 1 is 0.324 bits per heavy atom. The molecule has 0 N–H and O–H groups in total. The molecule has 0 amide bonds. The van der Waals surface area contributed by atoms with E-state index in [0.717, 1.165) is 50.6 Å². The molecular formula is C64H41N3S. The molecule has 14 aromatic rings. The standard InChI is InChI=1S/C64H41N3S/c1-4-20-46(21-5-1)65(47-22-6-2-7-23-47)58-32-18-33-59-63(58)54-29-13-16-31-57(54)67(59)49-38-44(42-35-36-52-51-27-12-15-30-56(51)66(60(52)41-42)48-24-8-3-9-25-48)37-45(39-49)62-50-26-11-10-19-43(50)40-55-53-28-14-17-34-61(53)68-64(55)62/h1-41H. The van der Waals surface area contributed by atoms with Gasteiger partial charge in [0.2, 0.25) is 0 Å². The van der Waals surface area contributed by atoms with Crippen molar-refractivity contribution in [3.05, 3.63) is 249 Å². The highest BCUT2D eigenvalue weighted by atomic mass is 32.1. The molecule has 0 aliphatic carbocycles. The first-order valence-corrected chi connectivity index (χ1v) is 24.1. The fraction of sp³-hybridized carbons (Fsp3) is 0. The molecule has 0 saturated carbocycles. The molecule has 0 aliphatic rings. The van der Waals surface area contributed by atoms with E-state index in [-0.39, 0.29) is 0 Å². The third kappa shape index (κ3) is 5.98. The number of hydrogen-bond donors (Lipinski definition) is 0. The first-order valence-electron chi connectivity index (χ1n) is 23.3. The van der Waals surface area contributed by atoms with Crippen molar-refractivity contribution < 1.29 is 0 Å². The predicted molar refractivity (Wildman–Crippen MR) is 291 cm³/mol. The Hall–Kier alpha value is -8.70. The highest BCUT2D eigenvalue weighted by Gasteiger charge is 2.23. The van der Waals surface area contributed by atoms with Crippen molar-refractivity contribution in [1.29, 1.82) is 0 Å². The van der Waals surface area contributed by atoms with E-state index in [2.05, 4.69) is 263 Å². The lowest BCUT2D eigenvalue weighted by Gasteiger charge is -2.26. The lowest BCUT2D eigenvalue weighted by molar-refractivity contribution is 1.18. The minimum Gasteiger partial charge on any atom is -0.310 e. The fourth-order valence-corrected chi connectivity index (χ4v) is 12.2. The van der Waals surface area contributed by atoms with Crippen molar-refractivity contribution in [2.75, 3.05) is 4.90 Å². The lowest BCUT2D eigenvalue weighted by atomic mass is 9.92. The summed E-state index contributed by atoms with van der Waals surface area (Å²) in [5.41, 5.74) is 15.1. The van der Waals surface area contributed by atoms with Crippen molar-refractivity contribution in [2.45, 2.75) is 0 Å². The van der Waals surface area contributed by atoms with Crippen molar-refractivity contribution in [3.63, 3.8) is 0 Å². The maximum atomic E-state index is 2.50. The lowest BCUT2D eigenvalue weighted by Crippen LogP contribution is -2.10. The Labute approximate surface area is 397 Å². The van der Waals surface area contributed by atoms with E-state index in [9.17, 15) is 0 Å². The molecule has 3 aromatic heterocycles. The number of aromatic nitrogens is 2. The van der Waals surface area contributed by atoms with Crippen molar-refractivity contribution in [2.24, 2.45) is 0 Å². The van der Waals surface area contributed by atoms with Gasteiger partial charge in [0.25, 0.3) is 0 Å². The van der Waals surface area contributed by atoms with Gasteiger partial charge in [0.15, 0.2) is 0 Å². The summed E-state index contributed by atoms with van der Waals surface area (Å²) in [7, 11) is 0. The summed E-state index contributed by atoms with van der Waals surface area (Å²) in [6, 6.07) is 91.3. The number of para-hydroxylation sites is 5. The highest BCUT2D eigenvalue weighted by Crippen LogP contribution is 2.48. The van der Waals surface area contributed by atoms with E-state index in [1.54, 1.807) is 0 Å². The van der Waals surface area contributed by atoms with Crippen LogP contribution in [0.1, 0.15) is 0 Å². The largest absolute Gasteiger partial charge is 0.310 e. The summed E-state index contributed by atoms with van der Waals surface area (Å²) in [6.07, 6.45) is 0. The molecule has 0 saturated heterocycles. The molecule has 0 bridgehead atoms. The van der Waals surface area contributed by atoms with E-state index in [1.807, 2.05) is 11.3 Å². The van der Waals surface area contributed by atoms with Gasteiger partial charge in [-0.1, -0.05) is 152 Å². The molecule has 0 fully saturated rings. The number of benzene rings is 11. The first kappa shape index (κ1) is 38.6. The number of anilines is 3. The van der Waals surface area contributed by atoms with Crippen LogP contribution in [-0.2, 0) is 0 Å². The van der Waals surface area contributed by atoms with E-state index < -0.39 is 0 Å². The van der Waals surface area contributed by atoms with Crippen LogP contribution < -0.4 is 4.90 Å². The van der Waals surface area contributed by atoms with Crippen molar-refractivity contribution in [1.82, 2.24) is 9.13 Å². The van der Waals surface area contributed by atoms with Gasteiger partial charge >= 0.3 is 0 Å². The quantitative estimate of drug-likeness (QED) is 0.155. The third-order valence-electron chi connectivity index (χ3n) is 13.8. The molecule has 4 heteroatoms. The Balaban J connectivity index is 1.09. The van der Waals surface area contributed by atoms with Crippen LogP contribution in [0, 0.1) is 0 Å². The van der Waals surface area contributed by atoms with Gasteiger partial charge in [-0.25, -0.2) is 0 Å². The average Bonchev–Trinajstić information content (AvgIpc) is 4.06. The van der Waals surface area contributed by atoms with Crippen LogP contribution in [-0.4, -0.2) is 9.13 Å². The topological polar surface area (TPSA) is 13.1 Å². The molecule has 0 spiro atoms. The number of nitrogens with zero attached hydrogens (tertiary/aromatic N) is 3. The number of hydrogen-bond acceptors (Lipinski definition) is 2. The van der Waals surface area contributed by atoms with Crippen LogP contribution in [0.2, 0.25) is 0 Å². The second kappa shape index (κ2) is 15.5. The number of rotatable bonds is 7. The van der Waals surface area contributed by atoms with E-state index in [4.69, 9.17) is 0 Å². The van der Waals surface area contributed by atoms with Crippen LogP contribution >= 0.6 is 11.3 Å². The Morgan fingerprint density at radius 2 is 0.897 bits per heavy atom. The van der Waals surface area contributed by atoms with Crippen LogP contribution in [0.15, 0.2) is 249 Å². The molecule has 14 rings (SSSR count). The van der Waals surface area contributed by atoms with Gasteiger partial charge in [-0.15, -0.1) is 11.3 Å². The highest BCUT2D eigenvalue weighted by molar-refractivity contribution is 7.26. The minimum atomic E-state index is 1.11. The van der Waals surface area contributed by atoms with Gasteiger partial charge in [0.1, 0.15) is 0 Å². The minimum absolute atomic E-state index is 1.11. The van der Waals surface area contributed by atoms with Crippen molar-refractivity contribution >= 4 is 103 Å². The van der Waals surface area contributed by atoms with Crippen LogP contribution in [0.3, 0.4) is 0 Å². The fourth-order valence-electron chi connectivity index (χ4n) is 10.9. The van der Waals surface area contributed by atoms with Gasteiger partial charge in [0, 0.05) is 70.0 Å². The summed E-state index contributed by atoms with van der Waals surface area (Å²) in [5, 5.41) is 9.97. The molecule has 11 aromatic carbocycles. The molecule has 0 atom stereocenters. The molecule has 318 valence electrons. The summed E-state index contributed by atoms with van der Waals surface area (Å²) >= 11 is 1.90. The smallest absolute Gasteiger partial charge is 0.0562 e. The summed E-state index contributed by atoms with van der Waals surface area (Å²) < 4.78 is 7.52. The Kier molecular flexibility index (Phi) is 8.76. The SMILES string of the molecule is c1ccc(N(c2ccccc2)c2cccc3c2c2ccccc2n3-c2cc(-c3ccc4c5ccccc5n(-c5ccccc5)c4c3)cc(-c3c4ccccc4cc4c3sc3ccccc34)c2)cc1. The summed E-state index contributed by atoms with van der Waals surface area (Å²) in [5.74, 6) is 0. The van der Waals surface area contributed by atoms with E-state index in [0.29, 0.717) is 0 Å². The van der Waals surface area contributed by atoms with Gasteiger partial charge < -0.3 is 14.0 Å². The van der Waals surface area contributed by atoms with Gasteiger partial charge in [0.05, 0.1) is 27.8 Å². The number of fused-ring (bicyclic) bond motifs is 10. The van der Waals surface area contributed by atoms with Crippen LogP contribution in [0.25, 0.3) is 108 Å². The Bertz CT molecular complexity index is 4220. The number of thiophene rings is 1. The predicted octanol–water partition coefficient (Wildman–Crippen LogP) is 18.2.